The smallest absolute Gasteiger partial charge is 0.0620 e. The van der Waals surface area contributed by atoms with Crippen molar-refractivity contribution in [2.24, 2.45) is 0 Å². The van der Waals surface area contributed by atoms with Crippen molar-refractivity contribution in [2.45, 2.75) is 0 Å². The number of benzene rings is 8. The number of hydrogen-bond acceptors (Lipinski definition) is 0. The zero-order valence-electron chi connectivity index (χ0n) is 27.4. The first-order chi connectivity index (χ1) is 24.9. The number of fused-ring (bicyclic) bond motifs is 6. The summed E-state index contributed by atoms with van der Waals surface area (Å²) in [6, 6.07) is 70.4. The van der Waals surface area contributed by atoms with E-state index in [1.165, 1.54) is 82.7 Å². The minimum atomic E-state index is 1.15. The van der Waals surface area contributed by atoms with Crippen LogP contribution < -0.4 is 0 Å². The Morgan fingerprint density at radius 1 is 0.260 bits per heavy atom. The van der Waals surface area contributed by atoms with E-state index in [2.05, 4.69) is 203 Å². The summed E-state index contributed by atoms with van der Waals surface area (Å²) in [6.07, 6.45) is 0. The minimum absolute atomic E-state index is 1.15. The lowest BCUT2D eigenvalue weighted by atomic mass is 9.95. The van der Waals surface area contributed by atoms with E-state index in [1.54, 1.807) is 0 Å². The summed E-state index contributed by atoms with van der Waals surface area (Å²) in [4.78, 5) is 0. The summed E-state index contributed by atoms with van der Waals surface area (Å²) in [5.74, 6) is 0. The highest BCUT2D eigenvalue weighted by Gasteiger charge is 2.24. The second-order valence-electron chi connectivity index (χ2n) is 12.9. The molecular weight excluding hydrogens is 605 g/mol. The van der Waals surface area contributed by atoms with Crippen LogP contribution in [0.25, 0.3) is 88.4 Å². The molecule has 2 heterocycles. The summed E-state index contributed by atoms with van der Waals surface area (Å²) in [5, 5.41) is 4.97. The maximum atomic E-state index is 2.54. The lowest BCUT2D eigenvalue weighted by Crippen LogP contribution is -2.02. The molecule has 2 aromatic heterocycles. The molecule has 8 aromatic carbocycles. The molecule has 0 aliphatic heterocycles. The van der Waals surface area contributed by atoms with Gasteiger partial charge in [-0.2, -0.15) is 0 Å². The Hall–Kier alpha value is -6.64. The predicted molar refractivity (Wildman–Crippen MR) is 211 cm³/mol. The zero-order chi connectivity index (χ0) is 33.0. The topological polar surface area (TPSA) is 9.86 Å². The first-order valence-corrected chi connectivity index (χ1v) is 17.2. The fourth-order valence-corrected chi connectivity index (χ4v) is 8.04. The van der Waals surface area contributed by atoms with Crippen LogP contribution in [0.4, 0.5) is 0 Å². The van der Waals surface area contributed by atoms with Crippen LogP contribution in [-0.4, -0.2) is 9.13 Å². The van der Waals surface area contributed by atoms with Crippen molar-refractivity contribution < 1.29 is 0 Å². The van der Waals surface area contributed by atoms with E-state index in [9.17, 15) is 0 Å². The molecule has 0 aliphatic carbocycles. The van der Waals surface area contributed by atoms with E-state index in [4.69, 9.17) is 0 Å². The zero-order valence-corrected chi connectivity index (χ0v) is 27.4. The lowest BCUT2D eigenvalue weighted by Gasteiger charge is -2.20. The SMILES string of the molecule is c1ccc(-c2cccc(-c3ccccc3)c2-n2c3ccccc3c3cccc(-c4cccc5c6ccccc6n(-c6ccccc6)c45)c32)cc1. The highest BCUT2D eigenvalue weighted by molar-refractivity contribution is 6.19. The van der Waals surface area contributed by atoms with Crippen LogP contribution in [0.1, 0.15) is 0 Å². The van der Waals surface area contributed by atoms with E-state index >= 15 is 0 Å². The molecule has 0 unspecified atom stereocenters. The van der Waals surface area contributed by atoms with Gasteiger partial charge in [-0.3, -0.25) is 0 Å². The predicted octanol–water partition coefficient (Wildman–Crippen LogP) is 12.9. The Kier molecular flexibility index (Phi) is 6.53. The van der Waals surface area contributed by atoms with Crippen LogP contribution in [0, 0.1) is 0 Å². The molecule has 0 aliphatic rings. The van der Waals surface area contributed by atoms with Gasteiger partial charge in [0.05, 0.1) is 27.8 Å². The summed E-state index contributed by atoms with van der Waals surface area (Å²) in [5.41, 5.74) is 14.3. The summed E-state index contributed by atoms with van der Waals surface area (Å²) in [7, 11) is 0. The first kappa shape index (κ1) is 28.4. The summed E-state index contributed by atoms with van der Waals surface area (Å²) >= 11 is 0. The summed E-state index contributed by atoms with van der Waals surface area (Å²) < 4.78 is 4.98. The molecule has 2 heteroatoms. The van der Waals surface area contributed by atoms with Gasteiger partial charge in [0, 0.05) is 49.5 Å². The van der Waals surface area contributed by atoms with Crippen molar-refractivity contribution in [1.82, 2.24) is 9.13 Å². The first-order valence-electron chi connectivity index (χ1n) is 17.2. The molecule has 10 rings (SSSR count). The Morgan fingerprint density at radius 2 is 0.640 bits per heavy atom. The Balaban J connectivity index is 1.40. The standard InChI is InChI=1S/C48H32N2/c1-4-17-33(18-5-1)36-25-14-26-37(34-19-6-2-7-20-34)46(36)50-45-32-13-11-24-39(45)41-28-16-30-43(48(41)50)42-29-15-27-40-38-23-10-12-31-44(38)49(47(40)42)35-21-8-3-9-22-35/h1-32H. The maximum Gasteiger partial charge on any atom is 0.0620 e. The Bertz CT molecular complexity index is 2780. The third-order valence-corrected chi connectivity index (χ3v) is 10.1. The third kappa shape index (κ3) is 4.29. The highest BCUT2D eigenvalue weighted by atomic mass is 15.0. The van der Waals surface area contributed by atoms with Crippen molar-refractivity contribution in [3.8, 4) is 44.8 Å². The Morgan fingerprint density at radius 3 is 1.18 bits per heavy atom. The van der Waals surface area contributed by atoms with Gasteiger partial charge in [0.2, 0.25) is 0 Å². The van der Waals surface area contributed by atoms with Crippen molar-refractivity contribution in [3.05, 3.63) is 194 Å². The number of hydrogen-bond donors (Lipinski definition) is 0. The molecule has 0 amide bonds. The number of nitrogens with zero attached hydrogens (tertiary/aromatic N) is 2. The average Bonchev–Trinajstić information content (AvgIpc) is 3.72. The van der Waals surface area contributed by atoms with Gasteiger partial charge >= 0.3 is 0 Å². The Labute approximate surface area is 290 Å². The van der Waals surface area contributed by atoms with Crippen LogP contribution >= 0.6 is 0 Å². The quantitative estimate of drug-likeness (QED) is 0.178. The number of aromatic nitrogens is 2. The fraction of sp³-hybridized carbons (Fsp3) is 0. The molecular formula is C48H32N2. The molecule has 0 radical (unpaired) electrons. The molecule has 0 atom stereocenters. The van der Waals surface area contributed by atoms with E-state index < -0.39 is 0 Å². The van der Waals surface area contributed by atoms with Gasteiger partial charge in [-0.25, -0.2) is 0 Å². The molecule has 0 saturated carbocycles. The van der Waals surface area contributed by atoms with Gasteiger partial charge in [0.1, 0.15) is 0 Å². The molecule has 0 bridgehead atoms. The van der Waals surface area contributed by atoms with E-state index in [0.717, 1.165) is 5.69 Å². The van der Waals surface area contributed by atoms with E-state index in [0.29, 0.717) is 0 Å². The fourth-order valence-electron chi connectivity index (χ4n) is 8.04. The van der Waals surface area contributed by atoms with Gasteiger partial charge in [0.15, 0.2) is 0 Å². The second kappa shape index (κ2) is 11.5. The van der Waals surface area contributed by atoms with Crippen LogP contribution in [0.3, 0.4) is 0 Å². The molecule has 2 nitrogen and oxygen atoms in total. The number of para-hydroxylation sites is 6. The summed E-state index contributed by atoms with van der Waals surface area (Å²) in [6.45, 7) is 0. The van der Waals surface area contributed by atoms with Crippen molar-refractivity contribution in [2.75, 3.05) is 0 Å². The van der Waals surface area contributed by atoms with E-state index in [-0.39, 0.29) is 0 Å². The van der Waals surface area contributed by atoms with Gasteiger partial charge in [-0.1, -0.05) is 170 Å². The highest BCUT2D eigenvalue weighted by Crippen LogP contribution is 2.46. The van der Waals surface area contributed by atoms with Crippen molar-refractivity contribution in [1.29, 1.82) is 0 Å². The van der Waals surface area contributed by atoms with Gasteiger partial charge in [-0.15, -0.1) is 0 Å². The lowest BCUT2D eigenvalue weighted by molar-refractivity contribution is 1.17. The minimum Gasteiger partial charge on any atom is -0.309 e. The normalized spacial score (nSPS) is 11.6. The van der Waals surface area contributed by atoms with Gasteiger partial charge in [0.25, 0.3) is 0 Å². The molecule has 0 fully saturated rings. The van der Waals surface area contributed by atoms with Crippen LogP contribution in [-0.2, 0) is 0 Å². The molecule has 0 saturated heterocycles. The van der Waals surface area contributed by atoms with Crippen molar-refractivity contribution >= 4 is 43.6 Å². The monoisotopic (exact) mass is 636 g/mol. The number of rotatable bonds is 5. The third-order valence-electron chi connectivity index (χ3n) is 10.1. The molecule has 0 spiro atoms. The molecule has 234 valence electrons. The van der Waals surface area contributed by atoms with Crippen LogP contribution in [0.15, 0.2) is 194 Å². The largest absolute Gasteiger partial charge is 0.309 e. The maximum absolute atomic E-state index is 2.54. The average molecular weight is 637 g/mol. The second-order valence-corrected chi connectivity index (χ2v) is 12.9. The van der Waals surface area contributed by atoms with Crippen LogP contribution in [0.5, 0.6) is 0 Å². The van der Waals surface area contributed by atoms with Crippen molar-refractivity contribution in [3.63, 3.8) is 0 Å². The van der Waals surface area contributed by atoms with E-state index in [1.807, 2.05) is 0 Å². The van der Waals surface area contributed by atoms with Gasteiger partial charge in [-0.05, 0) is 35.4 Å². The van der Waals surface area contributed by atoms with Crippen LogP contribution in [0.2, 0.25) is 0 Å². The molecule has 0 N–H and O–H groups in total. The molecule has 10 aromatic rings. The molecule has 50 heavy (non-hydrogen) atoms. The van der Waals surface area contributed by atoms with Gasteiger partial charge < -0.3 is 9.13 Å².